The maximum absolute atomic E-state index is 10.7. The normalized spacial score (nSPS) is 12.6. The van der Waals surface area contributed by atoms with Crippen LogP contribution in [0, 0.1) is 0 Å². The number of hydrogen-bond donors (Lipinski definition) is 2. The molecule has 16 heavy (non-hydrogen) atoms. The molecule has 1 unspecified atom stereocenters. The zero-order valence-electron chi connectivity index (χ0n) is 10.2. The average molecular weight is 233 g/mol. The third-order valence-electron chi connectivity index (χ3n) is 2.05. The van der Waals surface area contributed by atoms with Gasteiger partial charge in [-0.3, -0.25) is 4.79 Å². The highest BCUT2D eigenvalue weighted by atomic mass is 16.5. The molecule has 0 bridgehead atoms. The highest BCUT2D eigenvalue weighted by Crippen LogP contribution is 1.90. The minimum Gasteiger partial charge on any atom is -0.480 e. The fourth-order valence-corrected chi connectivity index (χ4v) is 1.13. The summed E-state index contributed by atoms with van der Waals surface area (Å²) in [6.45, 7) is 6.48. The van der Waals surface area contributed by atoms with E-state index in [9.17, 15) is 4.79 Å². The highest BCUT2D eigenvalue weighted by molar-refractivity contribution is 5.73. The number of ether oxygens (including phenoxy) is 2. The van der Waals surface area contributed by atoms with Gasteiger partial charge < -0.3 is 19.9 Å². The summed E-state index contributed by atoms with van der Waals surface area (Å²) in [5, 5.41) is 11.6. The first-order chi connectivity index (χ1) is 7.72. The van der Waals surface area contributed by atoms with Gasteiger partial charge >= 0.3 is 5.97 Å². The molecule has 2 N–H and O–H groups in total. The number of hydrogen-bond acceptors (Lipinski definition) is 4. The van der Waals surface area contributed by atoms with Crippen LogP contribution in [0.3, 0.4) is 0 Å². The number of carboxylic acid groups (broad SMARTS) is 1. The average Bonchev–Trinajstić information content (AvgIpc) is 2.26. The Hall–Kier alpha value is -0.650. The molecule has 0 amide bonds. The lowest BCUT2D eigenvalue weighted by atomic mass is 10.3. The molecule has 5 heteroatoms. The lowest BCUT2D eigenvalue weighted by molar-refractivity contribution is -0.141. The maximum Gasteiger partial charge on any atom is 0.323 e. The number of likely N-dealkylation sites (N-methyl/N-ethyl adjacent to an activating group) is 1. The zero-order valence-corrected chi connectivity index (χ0v) is 10.2. The van der Waals surface area contributed by atoms with Crippen molar-refractivity contribution in [3.63, 3.8) is 0 Å². The third-order valence-corrected chi connectivity index (χ3v) is 2.05. The van der Waals surface area contributed by atoms with Gasteiger partial charge in [0, 0.05) is 6.61 Å². The topological polar surface area (TPSA) is 67.8 Å². The summed E-state index contributed by atoms with van der Waals surface area (Å²) in [4.78, 5) is 10.7. The molecular formula is C11H23NO4. The minimum atomic E-state index is -0.881. The molecule has 0 rings (SSSR count). The van der Waals surface area contributed by atoms with E-state index in [-0.39, 0.29) is 6.61 Å². The molecule has 0 aliphatic rings. The number of carboxylic acids is 1. The molecule has 0 aliphatic heterocycles. The van der Waals surface area contributed by atoms with Gasteiger partial charge in [0.05, 0.1) is 19.8 Å². The van der Waals surface area contributed by atoms with Crippen LogP contribution >= 0.6 is 0 Å². The van der Waals surface area contributed by atoms with E-state index in [1.807, 2.05) is 6.92 Å². The Labute approximate surface area is 97.1 Å². The summed E-state index contributed by atoms with van der Waals surface area (Å²) in [5.74, 6) is -0.881. The number of rotatable bonds is 11. The summed E-state index contributed by atoms with van der Waals surface area (Å²) in [6.07, 6.45) is 2.16. The Kier molecular flexibility index (Phi) is 10.4. The quantitative estimate of drug-likeness (QED) is 0.519. The molecule has 0 saturated heterocycles. The van der Waals surface area contributed by atoms with E-state index in [0.29, 0.717) is 19.8 Å². The van der Waals surface area contributed by atoms with Gasteiger partial charge in [-0.2, -0.15) is 0 Å². The lowest BCUT2D eigenvalue weighted by Crippen LogP contribution is -2.40. The molecular weight excluding hydrogens is 210 g/mol. The van der Waals surface area contributed by atoms with Crippen LogP contribution in [-0.4, -0.2) is 50.1 Å². The monoisotopic (exact) mass is 233 g/mol. The molecule has 0 radical (unpaired) electrons. The van der Waals surface area contributed by atoms with Gasteiger partial charge in [0.1, 0.15) is 6.04 Å². The molecule has 0 aliphatic carbocycles. The molecule has 0 aromatic carbocycles. The smallest absolute Gasteiger partial charge is 0.323 e. The summed E-state index contributed by atoms with van der Waals surface area (Å²) in [6, 6.07) is -0.624. The SMILES string of the molecule is CCCCOCCOCC(NCC)C(=O)O. The van der Waals surface area contributed by atoms with E-state index >= 15 is 0 Å². The van der Waals surface area contributed by atoms with E-state index < -0.39 is 12.0 Å². The molecule has 1 atom stereocenters. The van der Waals surface area contributed by atoms with Gasteiger partial charge in [-0.1, -0.05) is 20.3 Å². The predicted molar refractivity (Wildman–Crippen MR) is 61.6 cm³/mol. The van der Waals surface area contributed by atoms with E-state index in [2.05, 4.69) is 12.2 Å². The second-order valence-corrected chi connectivity index (χ2v) is 3.49. The summed E-state index contributed by atoms with van der Waals surface area (Å²) in [5.41, 5.74) is 0. The van der Waals surface area contributed by atoms with Gasteiger partial charge in [-0.25, -0.2) is 0 Å². The van der Waals surface area contributed by atoms with Crippen LogP contribution in [0.2, 0.25) is 0 Å². The first kappa shape index (κ1) is 15.3. The van der Waals surface area contributed by atoms with Gasteiger partial charge in [0.2, 0.25) is 0 Å². The third kappa shape index (κ3) is 8.64. The number of carbonyl (C=O) groups is 1. The molecule has 5 nitrogen and oxygen atoms in total. The molecule has 0 saturated carbocycles. The van der Waals surface area contributed by atoms with Crippen molar-refractivity contribution < 1.29 is 19.4 Å². The molecule has 0 heterocycles. The van der Waals surface area contributed by atoms with Crippen LogP contribution in [0.25, 0.3) is 0 Å². The van der Waals surface area contributed by atoms with Gasteiger partial charge in [0.25, 0.3) is 0 Å². The van der Waals surface area contributed by atoms with Crippen molar-refractivity contribution in [2.75, 3.05) is 33.0 Å². The Balaban J connectivity index is 3.37. The van der Waals surface area contributed by atoms with E-state index in [4.69, 9.17) is 14.6 Å². The van der Waals surface area contributed by atoms with E-state index in [1.54, 1.807) is 0 Å². The molecule has 0 spiro atoms. The standard InChI is InChI=1S/C11H23NO4/c1-3-5-6-15-7-8-16-9-10(11(13)14)12-4-2/h10,12H,3-9H2,1-2H3,(H,13,14). The molecule has 0 fully saturated rings. The fourth-order valence-electron chi connectivity index (χ4n) is 1.13. The van der Waals surface area contributed by atoms with Crippen molar-refractivity contribution in [1.29, 1.82) is 0 Å². The van der Waals surface area contributed by atoms with Gasteiger partial charge in [0.15, 0.2) is 0 Å². The minimum absolute atomic E-state index is 0.181. The Morgan fingerprint density at radius 1 is 1.25 bits per heavy atom. The van der Waals surface area contributed by atoms with Gasteiger partial charge in [-0.15, -0.1) is 0 Å². The molecule has 0 aromatic heterocycles. The van der Waals surface area contributed by atoms with Crippen molar-refractivity contribution in [3.8, 4) is 0 Å². The van der Waals surface area contributed by atoms with Crippen molar-refractivity contribution in [3.05, 3.63) is 0 Å². The van der Waals surface area contributed by atoms with E-state index in [0.717, 1.165) is 19.4 Å². The fraction of sp³-hybridized carbons (Fsp3) is 0.909. The van der Waals surface area contributed by atoms with Crippen LogP contribution < -0.4 is 5.32 Å². The zero-order chi connectivity index (χ0) is 12.2. The van der Waals surface area contributed by atoms with Crippen LogP contribution in [0.5, 0.6) is 0 Å². The first-order valence-corrected chi connectivity index (χ1v) is 5.84. The van der Waals surface area contributed by atoms with E-state index in [1.165, 1.54) is 0 Å². The predicted octanol–water partition coefficient (Wildman–Crippen LogP) is 0.882. The van der Waals surface area contributed by atoms with Crippen molar-refractivity contribution in [1.82, 2.24) is 5.32 Å². The first-order valence-electron chi connectivity index (χ1n) is 5.84. The number of aliphatic carboxylic acids is 1. The van der Waals surface area contributed by atoms with Gasteiger partial charge in [-0.05, 0) is 13.0 Å². The van der Waals surface area contributed by atoms with Crippen LogP contribution in [0.15, 0.2) is 0 Å². The highest BCUT2D eigenvalue weighted by Gasteiger charge is 2.15. The van der Waals surface area contributed by atoms with Crippen molar-refractivity contribution in [2.24, 2.45) is 0 Å². The molecule has 0 aromatic rings. The van der Waals surface area contributed by atoms with Crippen molar-refractivity contribution in [2.45, 2.75) is 32.7 Å². The number of unbranched alkanes of at least 4 members (excludes halogenated alkanes) is 1. The number of nitrogens with one attached hydrogen (secondary N) is 1. The lowest BCUT2D eigenvalue weighted by Gasteiger charge is -2.13. The largest absolute Gasteiger partial charge is 0.480 e. The Bertz CT molecular complexity index is 175. The summed E-state index contributed by atoms with van der Waals surface area (Å²) >= 11 is 0. The van der Waals surface area contributed by atoms with Crippen LogP contribution in [0.4, 0.5) is 0 Å². The second-order valence-electron chi connectivity index (χ2n) is 3.49. The maximum atomic E-state index is 10.7. The Morgan fingerprint density at radius 2 is 1.94 bits per heavy atom. The Morgan fingerprint density at radius 3 is 2.50 bits per heavy atom. The summed E-state index contributed by atoms with van der Waals surface area (Å²) < 4.78 is 10.5. The molecule has 96 valence electrons. The van der Waals surface area contributed by atoms with Crippen LogP contribution in [-0.2, 0) is 14.3 Å². The van der Waals surface area contributed by atoms with Crippen LogP contribution in [0.1, 0.15) is 26.7 Å². The second kappa shape index (κ2) is 10.9. The summed E-state index contributed by atoms with van der Waals surface area (Å²) in [7, 11) is 0. The van der Waals surface area contributed by atoms with Crippen molar-refractivity contribution >= 4 is 5.97 Å².